The molecule has 2 aromatic heterocycles. The molecule has 3 aromatic rings. The molecule has 4 rings (SSSR count). The van der Waals surface area contributed by atoms with Crippen LogP contribution in [0.15, 0.2) is 35.1 Å². The number of hydrogen-bond donors (Lipinski definition) is 2. The van der Waals surface area contributed by atoms with Crippen LogP contribution >= 0.6 is 11.3 Å². The van der Waals surface area contributed by atoms with Crippen molar-refractivity contribution in [1.82, 2.24) is 14.9 Å². The molecule has 0 saturated heterocycles. The van der Waals surface area contributed by atoms with E-state index in [0.29, 0.717) is 44.6 Å². The Bertz CT molecular complexity index is 1100. The summed E-state index contributed by atoms with van der Waals surface area (Å²) >= 11 is 1.66. The number of aliphatic hydroxyl groups is 1. The highest BCUT2D eigenvalue weighted by Gasteiger charge is 2.23. The van der Waals surface area contributed by atoms with Crippen molar-refractivity contribution in [2.75, 3.05) is 33.4 Å². The molecule has 178 valence electrons. The summed E-state index contributed by atoms with van der Waals surface area (Å²) < 4.78 is 10.9. The lowest BCUT2D eigenvalue weighted by Crippen LogP contribution is -2.37. The monoisotopic (exact) mass is 471 g/mol. The van der Waals surface area contributed by atoms with Crippen LogP contribution in [0.5, 0.6) is 0 Å². The number of aromatic nitrogens is 2. The minimum Gasteiger partial charge on any atom is -0.389 e. The molecule has 33 heavy (non-hydrogen) atoms. The Kier molecular flexibility index (Phi) is 8.27. The predicted molar refractivity (Wildman–Crippen MR) is 131 cm³/mol. The van der Waals surface area contributed by atoms with Gasteiger partial charge in [0.1, 0.15) is 10.7 Å². The minimum absolute atomic E-state index is 0.0551. The van der Waals surface area contributed by atoms with Gasteiger partial charge < -0.3 is 19.6 Å². The average molecular weight is 472 g/mol. The fraction of sp³-hybridized carbons (Fsp3) is 0.520. The van der Waals surface area contributed by atoms with Crippen molar-refractivity contribution >= 4 is 21.6 Å². The summed E-state index contributed by atoms with van der Waals surface area (Å²) in [4.78, 5) is 24.9. The van der Waals surface area contributed by atoms with Gasteiger partial charge in [-0.2, -0.15) is 0 Å². The van der Waals surface area contributed by atoms with Crippen LogP contribution in [0.4, 0.5) is 0 Å². The second-order valence-electron chi connectivity index (χ2n) is 8.93. The maximum atomic E-state index is 12.9. The Morgan fingerprint density at radius 1 is 1.33 bits per heavy atom. The third-order valence-electron chi connectivity index (χ3n) is 6.09. The lowest BCUT2D eigenvalue weighted by molar-refractivity contribution is 0.00437. The molecule has 2 atom stereocenters. The summed E-state index contributed by atoms with van der Waals surface area (Å²) in [6, 6.07) is 9.90. The molecule has 0 amide bonds. The number of aliphatic hydroxyl groups excluding tert-OH is 1. The molecule has 1 aliphatic carbocycles. The van der Waals surface area contributed by atoms with Crippen LogP contribution < -0.4 is 5.56 Å². The Morgan fingerprint density at radius 2 is 2.15 bits per heavy atom. The normalized spacial score (nSPS) is 16.9. The molecular weight excluding hydrogens is 438 g/mol. The van der Waals surface area contributed by atoms with Gasteiger partial charge in [-0.1, -0.05) is 37.3 Å². The molecule has 2 N–H and O–H groups in total. The van der Waals surface area contributed by atoms with E-state index in [1.807, 2.05) is 35.2 Å². The van der Waals surface area contributed by atoms with Crippen LogP contribution in [0.1, 0.15) is 35.2 Å². The van der Waals surface area contributed by atoms with Crippen LogP contribution in [-0.2, 0) is 35.5 Å². The summed E-state index contributed by atoms with van der Waals surface area (Å²) in [5.41, 5.74) is 2.21. The number of benzene rings is 1. The zero-order chi connectivity index (χ0) is 23.2. The van der Waals surface area contributed by atoms with Crippen LogP contribution in [-0.4, -0.2) is 59.5 Å². The first kappa shape index (κ1) is 24.0. The molecule has 0 bridgehead atoms. The van der Waals surface area contributed by atoms with Crippen molar-refractivity contribution in [1.29, 1.82) is 0 Å². The van der Waals surface area contributed by atoms with Crippen molar-refractivity contribution in [2.24, 2.45) is 5.92 Å². The highest BCUT2D eigenvalue weighted by molar-refractivity contribution is 7.18. The molecule has 1 aromatic carbocycles. The Hall–Kier alpha value is -2.10. The second kappa shape index (κ2) is 11.4. The van der Waals surface area contributed by atoms with Gasteiger partial charge in [-0.05, 0) is 36.3 Å². The van der Waals surface area contributed by atoms with Gasteiger partial charge in [-0.3, -0.25) is 9.69 Å². The fourth-order valence-corrected chi connectivity index (χ4v) is 5.78. The predicted octanol–water partition coefficient (Wildman–Crippen LogP) is 3.14. The maximum absolute atomic E-state index is 12.9. The number of hydrogen-bond acceptors (Lipinski definition) is 7. The van der Waals surface area contributed by atoms with E-state index in [2.05, 4.69) is 11.9 Å². The van der Waals surface area contributed by atoms with E-state index in [0.717, 1.165) is 35.0 Å². The zero-order valence-electron chi connectivity index (χ0n) is 19.4. The first-order chi connectivity index (χ1) is 16.0. The Balaban J connectivity index is 1.41. The van der Waals surface area contributed by atoms with Gasteiger partial charge in [0.15, 0.2) is 0 Å². The second-order valence-corrected chi connectivity index (χ2v) is 10.0. The van der Waals surface area contributed by atoms with Gasteiger partial charge in [-0.25, -0.2) is 4.98 Å². The maximum Gasteiger partial charge on any atom is 0.259 e. The third-order valence-corrected chi connectivity index (χ3v) is 7.24. The molecule has 0 saturated carbocycles. The van der Waals surface area contributed by atoms with Gasteiger partial charge >= 0.3 is 0 Å². The molecule has 8 heteroatoms. The lowest BCUT2D eigenvalue weighted by Gasteiger charge is -2.24. The summed E-state index contributed by atoms with van der Waals surface area (Å²) in [7, 11) is 1.65. The van der Waals surface area contributed by atoms with Crippen molar-refractivity contribution in [3.63, 3.8) is 0 Å². The molecule has 0 spiro atoms. The Labute approximate surface area is 198 Å². The number of thiophene rings is 1. The standard InChI is InChI=1S/C25H33N3O4S/c1-17-8-9-20-21(12-17)33-25-23(20)24(30)26-22(27-25)14-28(10-11-31-2)13-19(29)16-32-15-18-6-4-3-5-7-18/h3-7,17,19,29H,8-16H2,1-2H3,(H,26,27,30)/t17-,19+/m1/s1. The summed E-state index contributed by atoms with van der Waals surface area (Å²) in [6.45, 7) is 4.93. The highest BCUT2D eigenvalue weighted by atomic mass is 32.1. The number of aromatic amines is 1. The molecule has 7 nitrogen and oxygen atoms in total. The van der Waals surface area contributed by atoms with Crippen LogP contribution in [0.3, 0.4) is 0 Å². The van der Waals surface area contributed by atoms with E-state index in [9.17, 15) is 9.90 Å². The van der Waals surface area contributed by atoms with Crippen molar-refractivity contribution in [3.05, 3.63) is 62.5 Å². The van der Waals surface area contributed by atoms with E-state index in [1.54, 1.807) is 18.4 Å². The molecular formula is C25H33N3O4S. The van der Waals surface area contributed by atoms with Crippen molar-refractivity contribution < 1.29 is 14.6 Å². The van der Waals surface area contributed by atoms with Gasteiger partial charge in [0, 0.05) is 25.1 Å². The fourth-order valence-electron chi connectivity index (χ4n) is 4.37. The molecule has 2 heterocycles. The number of ether oxygens (including phenoxy) is 2. The van der Waals surface area contributed by atoms with Gasteiger partial charge in [0.05, 0.1) is 37.9 Å². The number of rotatable bonds is 11. The first-order valence-electron chi connectivity index (χ1n) is 11.6. The van der Waals surface area contributed by atoms with Crippen LogP contribution in [0, 0.1) is 5.92 Å². The van der Waals surface area contributed by atoms with Gasteiger partial charge in [0.2, 0.25) is 0 Å². The summed E-state index contributed by atoms with van der Waals surface area (Å²) in [6.07, 6.45) is 2.45. The van der Waals surface area contributed by atoms with Gasteiger partial charge in [-0.15, -0.1) is 11.3 Å². The average Bonchev–Trinajstić information content (AvgIpc) is 3.16. The van der Waals surface area contributed by atoms with E-state index < -0.39 is 6.10 Å². The topological polar surface area (TPSA) is 87.7 Å². The summed E-state index contributed by atoms with van der Waals surface area (Å²) in [5.74, 6) is 1.27. The smallest absolute Gasteiger partial charge is 0.259 e. The van der Waals surface area contributed by atoms with E-state index in [1.165, 1.54) is 10.4 Å². The molecule has 0 radical (unpaired) electrons. The third kappa shape index (κ3) is 6.28. The van der Waals surface area contributed by atoms with Crippen molar-refractivity contribution in [3.8, 4) is 0 Å². The minimum atomic E-state index is -0.656. The molecule has 0 fully saturated rings. The lowest BCUT2D eigenvalue weighted by atomic mass is 9.89. The highest BCUT2D eigenvalue weighted by Crippen LogP contribution is 2.35. The number of aryl methyl sites for hydroxylation is 1. The number of methoxy groups -OCH3 is 1. The quantitative estimate of drug-likeness (QED) is 0.447. The SMILES string of the molecule is COCCN(Cc1nc2sc3c(c2c(=O)[nH]1)CC[C@@H](C)C3)C[C@H](O)COCc1ccccc1. The molecule has 0 aliphatic heterocycles. The van der Waals surface area contributed by atoms with E-state index >= 15 is 0 Å². The molecule has 0 unspecified atom stereocenters. The van der Waals surface area contributed by atoms with Crippen LogP contribution in [0.25, 0.3) is 10.2 Å². The number of nitrogens with zero attached hydrogens (tertiary/aromatic N) is 2. The van der Waals surface area contributed by atoms with Crippen molar-refractivity contribution in [2.45, 2.75) is 45.4 Å². The number of fused-ring (bicyclic) bond motifs is 3. The summed E-state index contributed by atoms with van der Waals surface area (Å²) in [5, 5.41) is 11.3. The Morgan fingerprint density at radius 3 is 2.94 bits per heavy atom. The van der Waals surface area contributed by atoms with Gasteiger partial charge in [0.25, 0.3) is 5.56 Å². The zero-order valence-corrected chi connectivity index (χ0v) is 20.2. The number of H-pyrrole nitrogens is 1. The van der Waals surface area contributed by atoms with Crippen LogP contribution in [0.2, 0.25) is 0 Å². The number of nitrogens with one attached hydrogen (secondary N) is 1. The van der Waals surface area contributed by atoms with E-state index in [-0.39, 0.29) is 12.2 Å². The largest absolute Gasteiger partial charge is 0.389 e. The first-order valence-corrected chi connectivity index (χ1v) is 12.4. The van der Waals surface area contributed by atoms with E-state index in [4.69, 9.17) is 14.5 Å². The molecule has 1 aliphatic rings.